The van der Waals surface area contributed by atoms with Crippen molar-refractivity contribution in [3.05, 3.63) is 48.3 Å². The molecule has 1 aromatic heterocycles. The number of nitrogens with one attached hydrogen (secondary N) is 1. The van der Waals surface area contributed by atoms with Gasteiger partial charge >= 0.3 is 0 Å². The van der Waals surface area contributed by atoms with E-state index in [1.165, 1.54) is 0 Å². The summed E-state index contributed by atoms with van der Waals surface area (Å²) in [6, 6.07) is 9.93. The van der Waals surface area contributed by atoms with E-state index in [-0.39, 0.29) is 30.1 Å². The summed E-state index contributed by atoms with van der Waals surface area (Å²) in [6.07, 6.45) is 3.58. The topological polar surface area (TPSA) is 65.9 Å². The molecule has 1 aliphatic rings. The number of rotatable bonds is 6. The first-order chi connectivity index (χ1) is 13.7. The third kappa shape index (κ3) is 6.73. The van der Waals surface area contributed by atoms with Gasteiger partial charge in [0.2, 0.25) is 5.95 Å². The van der Waals surface area contributed by atoms with Crippen molar-refractivity contribution in [2.75, 3.05) is 44.2 Å². The van der Waals surface area contributed by atoms with Crippen LogP contribution in [0.4, 0.5) is 5.95 Å². The second-order valence-electron chi connectivity index (χ2n) is 6.91. The SMILES string of the molecule is CCNC(=NCC(C)Oc1ccccc1C)N1CCN(c2ncccn2)CC1.I. The summed E-state index contributed by atoms with van der Waals surface area (Å²) in [4.78, 5) is 18.0. The maximum atomic E-state index is 6.06. The summed E-state index contributed by atoms with van der Waals surface area (Å²) < 4.78 is 6.06. The Morgan fingerprint density at radius 2 is 1.83 bits per heavy atom. The highest BCUT2D eigenvalue weighted by Gasteiger charge is 2.21. The largest absolute Gasteiger partial charge is 0.489 e. The number of guanidine groups is 1. The van der Waals surface area contributed by atoms with Gasteiger partial charge in [-0.2, -0.15) is 0 Å². The average Bonchev–Trinajstić information content (AvgIpc) is 2.73. The van der Waals surface area contributed by atoms with Crippen LogP contribution in [0.25, 0.3) is 0 Å². The zero-order valence-electron chi connectivity index (χ0n) is 17.4. The van der Waals surface area contributed by atoms with Gasteiger partial charge in [-0.25, -0.2) is 15.0 Å². The number of aliphatic imine (C=N–C) groups is 1. The average molecular weight is 510 g/mol. The van der Waals surface area contributed by atoms with Gasteiger partial charge in [0.15, 0.2) is 5.96 Å². The monoisotopic (exact) mass is 510 g/mol. The van der Waals surface area contributed by atoms with E-state index in [0.29, 0.717) is 6.54 Å². The van der Waals surface area contributed by atoms with Crippen molar-refractivity contribution in [2.45, 2.75) is 26.9 Å². The number of aromatic nitrogens is 2. The van der Waals surface area contributed by atoms with Crippen LogP contribution in [0.15, 0.2) is 47.7 Å². The van der Waals surface area contributed by atoms with Gasteiger partial charge in [0.1, 0.15) is 11.9 Å². The van der Waals surface area contributed by atoms with Crippen LogP contribution in [-0.2, 0) is 0 Å². The summed E-state index contributed by atoms with van der Waals surface area (Å²) in [7, 11) is 0. The second-order valence-corrected chi connectivity index (χ2v) is 6.91. The van der Waals surface area contributed by atoms with Crippen LogP contribution < -0.4 is 15.0 Å². The molecule has 1 fully saturated rings. The van der Waals surface area contributed by atoms with E-state index in [1.54, 1.807) is 12.4 Å². The molecule has 3 rings (SSSR count). The van der Waals surface area contributed by atoms with Crippen molar-refractivity contribution >= 4 is 35.9 Å². The standard InChI is InChI=1S/C21H30N6O.HI/c1-4-22-20(25-16-18(3)28-19-9-6-5-8-17(19)2)26-12-14-27(15-13-26)21-23-10-7-11-24-21;/h5-11,18H,4,12-16H2,1-3H3,(H,22,25);1H. The number of benzene rings is 1. The lowest BCUT2D eigenvalue weighted by atomic mass is 10.2. The molecule has 7 nitrogen and oxygen atoms in total. The molecule has 29 heavy (non-hydrogen) atoms. The summed E-state index contributed by atoms with van der Waals surface area (Å²) in [5, 5.41) is 3.41. The van der Waals surface area contributed by atoms with Crippen LogP contribution in [-0.4, -0.2) is 66.2 Å². The molecule has 1 N–H and O–H groups in total. The highest BCUT2D eigenvalue weighted by molar-refractivity contribution is 14.0. The zero-order chi connectivity index (χ0) is 19.8. The van der Waals surface area contributed by atoms with Gasteiger partial charge < -0.3 is 19.9 Å². The predicted molar refractivity (Wildman–Crippen MR) is 128 cm³/mol. The summed E-state index contributed by atoms with van der Waals surface area (Å²) >= 11 is 0. The molecule has 158 valence electrons. The minimum atomic E-state index is 0. The maximum absolute atomic E-state index is 6.06. The molecular formula is C21H31IN6O. The van der Waals surface area contributed by atoms with Crippen LogP contribution in [0, 0.1) is 6.92 Å². The lowest BCUT2D eigenvalue weighted by molar-refractivity contribution is 0.228. The lowest BCUT2D eigenvalue weighted by Crippen LogP contribution is -2.53. The van der Waals surface area contributed by atoms with Crippen LogP contribution in [0.1, 0.15) is 19.4 Å². The van der Waals surface area contributed by atoms with E-state index >= 15 is 0 Å². The molecule has 0 aliphatic carbocycles. The van der Waals surface area contributed by atoms with Crippen LogP contribution in [0.2, 0.25) is 0 Å². The van der Waals surface area contributed by atoms with E-state index < -0.39 is 0 Å². The van der Waals surface area contributed by atoms with Crippen molar-refractivity contribution in [1.29, 1.82) is 0 Å². The van der Waals surface area contributed by atoms with Gasteiger partial charge in [-0.05, 0) is 38.5 Å². The molecule has 1 aliphatic heterocycles. The molecule has 0 spiro atoms. The predicted octanol–water partition coefficient (Wildman–Crippen LogP) is 2.96. The highest BCUT2D eigenvalue weighted by Crippen LogP contribution is 2.18. The quantitative estimate of drug-likeness (QED) is 0.367. The Kier molecular flexibility index (Phi) is 9.43. The van der Waals surface area contributed by atoms with Crippen LogP contribution in [0.5, 0.6) is 5.75 Å². The lowest BCUT2D eigenvalue weighted by Gasteiger charge is -2.36. The number of nitrogens with zero attached hydrogens (tertiary/aromatic N) is 5. The fourth-order valence-corrected chi connectivity index (χ4v) is 3.16. The minimum absolute atomic E-state index is 0. The van der Waals surface area contributed by atoms with Gasteiger partial charge in [-0.3, -0.25) is 0 Å². The third-order valence-electron chi connectivity index (χ3n) is 4.67. The normalized spacial score (nSPS) is 15.5. The molecule has 1 saturated heterocycles. The Hall–Kier alpha value is -2.10. The molecule has 1 aromatic carbocycles. The Bertz CT molecular complexity index is 765. The Balaban J connectivity index is 0.00000300. The molecule has 0 saturated carbocycles. The van der Waals surface area contributed by atoms with Gasteiger partial charge in [0.05, 0.1) is 6.54 Å². The van der Waals surface area contributed by atoms with Gasteiger partial charge in [-0.15, -0.1) is 24.0 Å². The Morgan fingerprint density at radius 1 is 1.14 bits per heavy atom. The fourth-order valence-electron chi connectivity index (χ4n) is 3.16. The number of halogens is 1. The van der Waals surface area contributed by atoms with Crippen LogP contribution in [0.3, 0.4) is 0 Å². The molecule has 0 radical (unpaired) electrons. The minimum Gasteiger partial charge on any atom is -0.489 e. The second kappa shape index (κ2) is 11.8. The number of anilines is 1. The third-order valence-corrected chi connectivity index (χ3v) is 4.67. The number of hydrogen-bond acceptors (Lipinski definition) is 5. The number of para-hydroxylation sites is 1. The fraction of sp³-hybridized carbons (Fsp3) is 0.476. The van der Waals surface area contributed by atoms with Gasteiger partial charge in [0.25, 0.3) is 0 Å². The van der Waals surface area contributed by atoms with Crippen molar-refractivity contribution in [3.63, 3.8) is 0 Å². The van der Waals surface area contributed by atoms with Crippen molar-refractivity contribution in [3.8, 4) is 5.75 Å². The summed E-state index contributed by atoms with van der Waals surface area (Å²) in [5.41, 5.74) is 1.14. The first kappa shape index (κ1) is 23.2. The number of aryl methyl sites for hydroxylation is 1. The molecule has 8 heteroatoms. The molecule has 2 heterocycles. The molecule has 0 bridgehead atoms. The summed E-state index contributed by atoms with van der Waals surface area (Å²) in [6.45, 7) is 11.2. The first-order valence-electron chi connectivity index (χ1n) is 9.95. The number of piperazine rings is 1. The molecular weight excluding hydrogens is 479 g/mol. The van der Waals surface area contributed by atoms with E-state index in [2.05, 4.69) is 51.9 Å². The Morgan fingerprint density at radius 3 is 2.48 bits per heavy atom. The van der Waals surface area contributed by atoms with E-state index in [9.17, 15) is 0 Å². The van der Waals surface area contributed by atoms with Crippen molar-refractivity contribution < 1.29 is 4.74 Å². The molecule has 1 unspecified atom stereocenters. The van der Waals surface area contributed by atoms with Gasteiger partial charge in [-0.1, -0.05) is 18.2 Å². The molecule has 2 aromatic rings. The van der Waals surface area contributed by atoms with E-state index in [1.807, 2.05) is 24.3 Å². The number of ether oxygens (including phenoxy) is 1. The van der Waals surface area contributed by atoms with Crippen molar-refractivity contribution in [1.82, 2.24) is 20.2 Å². The smallest absolute Gasteiger partial charge is 0.225 e. The number of hydrogen-bond donors (Lipinski definition) is 1. The van der Waals surface area contributed by atoms with Crippen LogP contribution >= 0.6 is 24.0 Å². The van der Waals surface area contributed by atoms with E-state index in [4.69, 9.17) is 9.73 Å². The Labute approximate surface area is 190 Å². The van der Waals surface area contributed by atoms with Gasteiger partial charge in [0, 0.05) is 45.1 Å². The molecule has 1 atom stereocenters. The summed E-state index contributed by atoms with van der Waals surface area (Å²) in [5.74, 6) is 2.66. The van der Waals surface area contributed by atoms with Crippen molar-refractivity contribution in [2.24, 2.45) is 4.99 Å². The highest BCUT2D eigenvalue weighted by atomic mass is 127. The molecule has 0 amide bonds. The first-order valence-corrected chi connectivity index (χ1v) is 9.95. The van der Waals surface area contributed by atoms with E-state index in [0.717, 1.165) is 55.9 Å². The maximum Gasteiger partial charge on any atom is 0.225 e. The zero-order valence-corrected chi connectivity index (χ0v) is 19.7.